The monoisotopic (exact) mass is 600 g/mol. The van der Waals surface area contributed by atoms with E-state index in [-0.39, 0.29) is 32.4 Å². The number of anilines is 1. The zero-order chi connectivity index (χ0) is 31.4. The second-order valence-corrected chi connectivity index (χ2v) is 10.5. The molecule has 1 aromatic carbocycles. The van der Waals surface area contributed by atoms with Crippen LogP contribution in [-0.4, -0.2) is 86.5 Å². The van der Waals surface area contributed by atoms with E-state index in [0.29, 0.717) is 12.1 Å². The molecule has 0 radical (unpaired) electrons. The van der Waals surface area contributed by atoms with Gasteiger partial charge in [-0.1, -0.05) is 32.0 Å². The number of halogens is 6. The van der Waals surface area contributed by atoms with Crippen molar-refractivity contribution in [2.45, 2.75) is 69.3 Å². The molecular formula is C25H34F6N4O6. The Bertz CT molecular complexity index is 1080. The fourth-order valence-electron chi connectivity index (χ4n) is 4.72. The summed E-state index contributed by atoms with van der Waals surface area (Å²) in [6, 6.07) is 5.40. The van der Waals surface area contributed by atoms with Crippen molar-refractivity contribution in [2.24, 2.45) is 11.1 Å². The van der Waals surface area contributed by atoms with Crippen molar-refractivity contribution < 1.29 is 55.3 Å². The van der Waals surface area contributed by atoms with Gasteiger partial charge in [-0.25, -0.2) is 4.79 Å². The lowest BCUT2D eigenvalue weighted by atomic mass is 9.80. The first kappa shape index (κ1) is 34.1. The molecular weight excluding hydrogens is 566 g/mol. The Kier molecular flexibility index (Phi) is 10.7. The van der Waals surface area contributed by atoms with Gasteiger partial charge in [0.05, 0.1) is 19.3 Å². The Labute approximate surface area is 232 Å². The number of nitrogens with two attached hydrogens (primary N) is 1. The first-order valence-electron chi connectivity index (χ1n) is 12.4. The summed E-state index contributed by atoms with van der Waals surface area (Å²) in [6.07, 6.45) is -14.5. The molecule has 2 rings (SSSR count). The summed E-state index contributed by atoms with van der Waals surface area (Å²) in [4.78, 5) is 38.6. The lowest BCUT2D eigenvalue weighted by Crippen LogP contribution is -2.67. The highest BCUT2D eigenvalue weighted by Gasteiger charge is 2.77. The van der Waals surface area contributed by atoms with Crippen molar-refractivity contribution in [2.75, 3.05) is 32.2 Å². The van der Waals surface area contributed by atoms with Crippen LogP contribution in [0.3, 0.4) is 0 Å². The van der Waals surface area contributed by atoms with Crippen molar-refractivity contribution in [3.8, 4) is 0 Å². The average molecular weight is 601 g/mol. The number of fused-ring (bicyclic) bond motifs is 1. The van der Waals surface area contributed by atoms with Crippen LogP contribution in [0.1, 0.15) is 32.3 Å². The Hall–Kier alpha value is -3.11. The van der Waals surface area contributed by atoms with Crippen LogP contribution in [0.2, 0.25) is 0 Å². The van der Waals surface area contributed by atoms with Crippen LogP contribution in [0.25, 0.3) is 0 Å². The Morgan fingerprint density at radius 1 is 1.10 bits per heavy atom. The number of amides is 3. The topological polar surface area (TPSA) is 143 Å². The summed E-state index contributed by atoms with van der Waals surface area (Å²) in [5.41, 5.74) is 1.36. The smallest absolute Gasteiger partial charge is 0.435 e. The molecule has 232 valence electrons. The van der Waals surface area contributed by atoms with Gasteiger partial charge in [0.1, 0.15) is 0 Å². The molecule has 0 bridgehead atoms. The quantitative estimate of drug-likeness (QED) is 0.302. The summed E-state index contributed by atoms with van der Waals surface area (Å²) >= 11 is 0. The van der Waals surface area contributed by atoms with Crippen LogP contribution < -0.4 is 21.3 Å². The number of hydrogen-bond donors (Lipinski definition) is 4. The second-order valence-electron chi connectivity index (χ2n) is 10.5. The van der Waals surface area contributed by atoms with Gasteiger partial charge in [-0.3, -0.25) is 9.59 Å². The Morgan fingerprint density at radius 3 is 2.22 bits per heavy atom. The summed E-state index contributed by atoms with van der Waals surface area (Å²) in [6.45, 7) is 2.38. The number of alkyl carbamates (subject to hydrolysis) is 1. The third kappa shape index (κ3) is 7.80. The Balaban J connectivity index is 2.08. The first-order valence-corrected chi connectivity index (χ1v) is 12.4. The van der Waals surface area contributed by atoms with E-state index < -0.39 is 60.1 Å². The van der Waals surface area contributed by atoms with E-state index in [1.165, 1.54) is 17.3 Å². The van der Waals surface area contributed by atoms with Crippen LogP contribution >= 0.6 is 0 Å². The van der Waals surface area contributed by atoms with Crippen LogP contribution in [0.15, 0.2) is 24.3 Å². The summed E-state index contributed by atoms with van der Waals surface area (Å²) in [5.74, 6) is -2.91. The predicted octanol–water partition coefficient (Wildman–Crippen LogP) is 2.42. The molecule has 10 nitrogen and oxygen atoms in total. The van der Waals surface area contributed by atoms with Gasteiger partial charge in [0.15, 0.2) is 0 Å². The molecule has 16 heteroatoms. The number of aliphatic hydroxyl groups is 1. The normalized spacial score (nSPS) is 17.8. The zero-order valence-electron chi connectivity index (χ0n) is 22.9. The number of methoxy groups -OCH3 is 2. The molecule has 3 atom stereocenters. The Morgan fingerprint density at radius 2 is 1.68 bits per heavy atom. The standard InChI is InChI=1S/C25H34F6N4O6/c1-22(2,10-16(32)18(36)12-33-20(38)23(41-4,24(26,27)28)25(29,30)31)11-19(37)35-13-15(34-21(39)40-3)9-14-7-5-6-8-17(14)35/h5-8,15-16,18,36H,9-13,32H2,1-4H3,(H,33,38)(H,34,39)/t15?,16-,18-/m0/s1. The van der Waals surface area contributed by atoms with Crippen molar-refractivity contribution in [1.29, 1.82) is 0 Å². The molecule has 0 saturated carbocycles. The van der Waals surface area contributed by atoms with Crippen molar-refractivity contribution in [1.82, 2.24) is 10.6 Å². The van der Waals surface area contributed by atoms with Crippen molar-refractivity contribution >= 4 is 23.6 Å². The molecule has 0 aromatic heterocycles. The molecule has 0 spiro atoms. The molecule has 1 unspecified atom stereocenters. The first-order chi connectivity index (χ1) is 18.8. The summed E-state index contributed by atoms with van der Waals surface area (Å²) in [5, 5.41) is 14.4. The van der Waals surface area contributed by atoms with Crippen LogP contribution in [-0.2, 0) is 25.5 Å². The highest BCUT2D eigenvalue weighted by Crippen LogP contribution is 2.45. The molecule has 3 amide bonds. The number of benzene rings is 1. The van der Waals surface area contributed by atoms with Gasteiger partial charge in [0.2, 0.25) is 5.91 Å². The molecule has 1 heterocycles. The molecule has 5 N–H and O–H groups in total. The number of nitrogens with zero attached hydrogens (tertiary/aromatic N) is 1. The summed E-state index contributed by atoms with van der Waals surface area (Å²) < 4.78 is 87.7. The average Bonchev–Trinajstić information content (AvgIpc) is 2.84. The van der Waals surface area contributed by atoms with Crippen molar-refractivity contribution in [3.63, 3.8) is 0 Å². The third-order valence-corrected chi connectivity index (χ3v) is 6.77. The number of ether oxygens (including phenoxy) is 2. The lowest BCUT2D eigenvalue weighted by Gasteiger charge is -2.37. The maximum atomic E-state index is 13.4. The minimum Gasteiger partial charge on any atom is -0.453 e. The van der Waals surface area contributed by atoms with E-state index in [1.807, 2.05) is 6.07 Å². The lowest BCUT2D eigenvalue weighted by molar-refractivity contribution is -0.357. The van der Waals surface area contributed by atoms with Gasteiger partial charge in [0, 0.05) is 38.3 Å². The third-order valence-electron chi connectivity index (χ3n) is 6.77. The van der Waals surface area contributed by atoms with Gasteiger partial charge >= 0.3 is 24.0 Å². The number of alkyl halides is 6. The van der Waals surface area contributed by atoms with E-state index in [1.54, 1.807) is 32.0 Å². The highest BCUT2D eigenvalue weighted by atomic mass is 19.4. The number of nitrogens with one attached hydrogen (secondary N) is 2. The molecule has 1 aromatic rings. The fourth-order valence-corrected chi connectivity index (χ4v) is 4.72. The number of rotatable bonds is 10. The second kappa shape index (κ2) is 12.8. The number of para-hydroxylation sites is 1. The number of aliphatic hydroxyl groups excluding tert-OH is 1. The molecule has 0 aliphatic carbocycles. The summed E-state index contributed by atoms with van der Waals surface area (Å²) in [7, 11) is 1.30. The van der Waals surface area contributed by atoms with Gasteiger partial charge in [-0.05, 0) is 29.9 Å². The zero-order valence-corrected chi connectivity index (χ0v) is 22.9. The highest BCUT2D eigenvalue weighted by molar-refractivity contribution is 5.95. The van der Waals surface area contributed by atoms with Gasteiger partial charge in [0.25, 0.3) is 5.91 Å². The largest absolute Gasteiger partial charge is 0.453 e. The number of carbonyl (C=O) groups excluding carboxylic acids is 3. The molecule has 41 heavy (non-hydrogen) atoms. The van der Waals surface area contributed by atoms with E-state index in [4.69, 9.17) is 5.73 Å². The van der Waals surface area contributed by atoms with Gasteiger partial charge < -0.3 is 35.8 Å². The number of carbonyl (C=O) groups is 3. The molecule has 1 aliphatic heterocycles. The fraction of sp³-hybridized carbons (Fsp3) is 0.640. The van der Waals surface area contributed by atoms with E-state index in [9.17, 15) is 45.8 Å². The van der Waals surface area contributed by atoms with Gasteiger partial charge in [-0.2, -0.15) is 26.3 Å². The molecule has 0 fully saturated rings. The predicted molar refractivity (Wildman–Crippen MR) is 134 cm³/mol. The van der Waals surface area contributed by atoms with Crippen LogP contribution in [0, 0.1) is 5.41 Å². The van der Waals surface area contributed by atoms with E-state index >= 15 is 0 Å². The van der Waals surface area contributed by atoms with E-state index in [0.717, 1.165) is 5.56 Å². The maximum absolute atomic E-state index is 13.4. The van der Waals surface area contributed by atoms with Crippen LogP contribution in [0.4, 0.5) is 36.8 Å². The van der Waals surface area contributed by atoms with E-state index in [2.05, 4.69) is 14.8 Å². The van der Waals surface area contributed by atoms with Gasteiger partial charge in [-0.15, -0.1) is 0 Å². The maximum Gasteiger partial charge on any atom is 0.435 e. The minimum atomic E-state index is -6.14. The number of hydrogen-bond acceptors (Lipinski definition) is 7. The molecule has 0 saturated heterocycles. The minimum absolute atomic E-state index is 0.0940. The van der Waals surface area contributed by atoms with Crippen molar-refractivity contribution in [3.05, 3.63) is 29.8 Å². The SMILES string of the molecule is COC(=O)NC1Cc2ccccc2N(C(=O)CC(C)(C)C[C@H](N)[C@@H](O)CNC(=O)C(OC)(C(F)(F)F)C(F)(F)F)C1. The molecule has 1 aliphatic rings. The van der Waals surface area contributed by atoms with Crippen LogP contribution in [0.5, 0.6) is 0 Å².